The van der Waals surface area contributed by atoms with Crippen molar-refractivity contribution in [1.29, 1.82) is 5.26 Å². The third kappa shape index (κ3) is 2.45. The molecule has 2 saturated heterocycles. The van der Waals surface area contributed by atoms with Crippen molar-refractivity contribution in [2.45, 2.75) is 62.2 Å². The summed E-state index contributed by atoms with van der Waals surface area (Å²) in [5.41, 5.74) is 3.82. The number of rotatable bonds is 2. The van der Waals surface area contributed by atoms with Crippen LogP contribution in [0.3, 0.4) is 0 Å². The molecule has 2 bridgehead atoms. The zero-order valence-electron chi connectivity index (χ0n) is 16.0. The molecule has 3 aliphatic carbocycles. The summed E-state index contributed by atoms with van der Waals surface area (Å²) < 4.78 is 12.4. The summed E-state index contributed by atoms with van der Waals surface area (Å²) in [7, 11) is 0. The lowest BCUT2D eigenvalue weighted by molar-refractivity contribution is -0.213. The molecule has 2 aliphatic heterocycles. The highest BCUT2D eigenvalue weighted by atomic mass is 16.7. The largest absolute Gasteiger partial charge is 0.348 e. The highest BCUT2D eigenvalue weighted by Crippen LogP contribution is 2.59. The molecule has 0 N–H and O–H groups in total. The van der Waals surface area contributed by atoms with Crippen molar-refractivity contribution in [3.05, 3.63) is 34.9 Å². The summed E-state index contributed by atoms with van der Waals surface area (Å²) in [6.07, 6.45) is 8.35. The van der Waals surface area contributed by atoms with Gasteiger partial charge in [-0.25, -0.2) is 0 Å². The van der Waals surface area contributed by atoms with E-state index in [9.17, 15) is 5.26 Å². The monoisotopic (exact) mass is 364 g/mol. The average molecular weight is 364 g/mol. The van der Waals surface area contributed by atoms with Crippen molar-refractivity contribution in [3.8, 4) is 6.07 Å². The Morgan fingerprint density at radius 1 is 1.15 bits per heavy atom. The molecule has 4 nitrogen and oxygen atoms in total. The molecule has 2 heterocycles. The van der Waals surface area contributed by atoms with E-state index >= 15 is 0 Å². The first-order chi connectivity index (χ1) is 13.2. The second-order valence-electron chi connectivity index (χ2n) is 9.53. The van der Waals surface area contributed by atoms with Gasteiger partial charge >= 0.3 is 0 Å². The highest BCUT2D eigenvalue weighted by molar-refractivity contribution is 5.47. The second kappa shape index (κ2) is 5.80. The SMILES string of the molecule is N#Cc1ccc2c(c1)[C@]13CCN(CC4CC4)[C@H](C2)[C@@H]1CCC1(C3)OCCO1. The van der Waals surface area contributed by atoms with Crippen LogP contribution >= 0.6 is 0 Å². The zero-order chi connectivity index (χ0) is 18.1. The van der Waals surface area contributed by atoms with E-state index in [0.29, 0.717) is 12.0 Å². The van der Waals surface area contributed by atoms with Crippen LogP contribution in [0.4, 0.5) is 0 Å². The van der Waals surface area contributed by atoms with E-state index in [4.69, 9.17) is 9.47 Å². The molecule has 142 valence electrons. The Morgan fingerprint density at radius 2 is 2.00 bits per heavy atom. The molecule has 0 unspecified atom stereocenters. The van der Waals surface area contributed by atoms with Crippen LogP contribution in [-0.4, -0.2) is 43.0 Å². The van der Waals surface area contributed by atoms with Crippen molar-refractivity contribution in [2.75, 3.05) is 26.3 Å². The number of benzene rings is 1. The van der Waals surface area contributed by atoms with Crippen molar-refractivity contribution in [2.24, 2.45) is 11.8 Å². The molecular formula is C23H28N2O2. The van der Waals surface area contributed by atoms with Gasteiger partial charge in [0.1, 0.15) is 0 Å². The van der Waals surface area contributed by atoms with Gasteiger partial charge in [0, 0.05) is 30.8 Å². The molecule has 3 atom stereocenters. The van der Waals surface area contributed by atoms with Gasteiger partial charge in [-0.05, 0) is 73.7 Å². The van der Waals surface area contributed by atoms with Crippen molar-refractivity contribution >= 4 is 0 Å². The minimum absolute atomic E-state index is 0.119. The molecule has 0 aromatic heterocycles. The van der Waals surface area contributed by atoms with Crippen LogP contribution < -0.4 is 0 Å². The first-order valence-electron chi connectivity index (χ1n) is 10.8. The molecular weight excluding hydrogens is 336 g/mol. The van der Waals surface area contributed by atoms with Gasteiger partial charge < -0.3 is 9.47 Å². The number of likely N-dealkylation sites (tertiary alicyclic amines) is 1. The molecule has 0 radical (unpaired) electrons. The average Bonchev–Trinajstić information content (AvgIpc) is 3.41. The van der Waals surface area contributed by atoms with E-state index in [1.165, 1.54) is 49.9 Å². The van der Waals surface area contributed by atoms with Gasteiger partial charge in [-0.15, -0.1) is 0 Å². The predicted molar refractivity (Wildman–Crippen MR) is 101 cm³/mol. The number of hydrogen-bond acceptors (Lipinski definition) is 4. The van der Waals surface area contributed by atoms with Gasteiger partial charge in [-0.2, -0.15) is 5.26 Å². The fourth-order valence-electron chi connectivity index (χ4n) is 6.77. The Kier molecular flexibility index (Phi) is 3.55. The first-order valence-corrected chi connectivity index (χ1v) is 10.8. The molecule has 1 aromatic carbocycles. The maximum atomic E-state index is 9.50. The molecule has 4 heteroatoms. The third-order valence-electron chi connectivity index (χ3n) is 8.12. The summed E-state index contributed by atoms with van der Waals surface area (Å²) in [6.45, 7) is 3.93. The van der Waals surface area contributed by atoms with E-state index in [-0.39, 0.29) is 11.2 Å². The molecule has 1 aromatic rings. The topological polar surface area (TPSA) is 45.5 Å². The van der Waals surface area contributed by atoms with Crippen LogP contribution in [0.1, 0.15) is 55.2 Å². The fraction of sp³-hybridized carbons (Fsp3) is 0.696. The Labute approximate surface area is 161 Å². The smallest absolute Gasteiger partial charge is 0.169 e. The van der Waals surface area contributed by atoms with Crippen LogP contribution in [0, 0.1) is 23.2 Å². The lowest BCUT2D eigenvalue weighted by atomic mass is 9.51. The van der Waals surface area contributed by atoms with Gasteiger partial charge in [-0.1, -0.05) is 6.07 Å². The van der Waals surface area contributed by atoms with E-state index in [2.05, 4.69) is 23.1 Å². The normalized spacial score (nSPS) is 36.9. The lowest BCUT2D eigenvalue weighted by Gasteiger charge is -2.61. The molecule has 27 heavy (non-hydrogen) atoms. The zero-order valence-corrected chi connectivity index (χ0v) is 16.0. The maximum Gasteiger partial charge on any atom is 0.169 e. The molecule has 5 aliphatic rings. The number of nitriles is 1. The Morgan fingerprint density at radius 3 is 2.78 bits per heavy atom. The van der Waals surface area contributed by atoms with Crippen LogP contribution in [0.5, 0.6) is 0 Å². The van der Waals surface area contributed by atoms with Gasteiger partial charge in [0.25, 0.3) is 0 Å². The molecule has 1 spiro atoms. The standard InChI is InChI=1S/C23H28N2O2/c24-13-17-3-4-18-12-21-19-5-6-23(26-9-10-27-23)15-22(19,20(18)11-17)7-8-25(21)14-16-1-2-16/h3-4,11,16,19,21H,1-2,5-10,12,14-15H2/t19-,21+,22-/m0/s1. The number of piperidine rings is 1. The van der Waals surface area contributed by atoms with Crippen LogP contribution in [0.25, 0.3) is 0 Å². The van der Waals surface area contributed by atoms with Crippen LogP contribution in [-0.2, 0) is 21.3 Å². The quantitative estimate of drug-likeness (QED) is 0.807. The number of fused-ring (bicyclic) bond motifs is 1. The lowest BCUT2D eigenvalue weighted by Crippen LogP contribution is -2.64. The summed E-state index contributed by atoms with van der Waals surface area (Å²) >= 11 is 0. The summed E-state index contributed by atoms with van der Waals surface area (Å²) in [5, 5.41) is 9.50. The summed E-state index contributed by atoms with van der Waals surface area (Å²) in [6, 6.07) is 9.47. The van der Waals surface area contributed by atoms with Gasteiger partial charge in [0.2, 0.25) is 0 Å². The molecule has 0 amide bonds. The fourth-order valence-corrected chi connectivity index (χ4v) is 6.77. The highest BCUT2D eigenvalue weighted by Gasteiger charge is 2.60. The summed E-state index contributed by atoms with van der Waals surface area (Å²) in [5.74, 6) is 1.23. The van der Waals surface area contributed by atoms with Crippen molar-refractivity contribution in [1.82, 2.24) is 4.90 Å². The minimum atomic E-state index is -0.378. The number of nitrogens with zero attached hydrogens (tertiary/aromatic N) is 2. The second-order valence-corrected chi connectivity index (χ2v) is 9.53. The van der Waals surface area contributed by atoms with E-state index in [1.807, 2.05) is 6.07 Å². The third-order valence-corrected chi connectivity index (χ3v) is 8.12. The molecule has 6 rings (SSSR count). The van der Waals surface area contributed by atoms with Gasteiger partial charge in [0.15, 0.2) is 5.79 Å². The van der Waals surface area contributed by atoms with E-state index in [1.54, 1.807) is 0 Å². The summed E-state index contributed by atoms with van der Waals surface area (Å²) in [4.78, 5) is 2.82. The maximum absolute atomic E-state index is 9.50. The Bertz CT molecular complexity index is 805. The Balaban J connectivity index is 1.45. The minimum Gasteiger partial charge on any atom is -0.348 e. The van der Waals surface area contributed by atoms with Crippen molar-refractivity contribution in [3.63, 3.8) is 0 Å². The first kappa shape index (κ1) is 16.5. The molecule has 2 saturated carbocycles. The number of hydrogen-bond donors (Lipinski definition) is 0. The van der Waals surface area contributed by atoms with E-state index < -0.39 is 0 Å². The van der Waals surface area contributed by atoms with Gasteiger partial charge in [0.05, 0.1) is 24.8 Å². The van der Waals surface area contributed by atoms with Crippen LogP contribution in [0.2, 0.25) is 0 Å². The van der Waals surface area contributed by atoms with Crippen LogP contribution in [0.15, 0.2) is 18.2 Å². The van der Waals surface area contributed by atoms with Gasteiger partial charge in [-0.3, -0.25) is 4.90 Å². The Hall–Kier alpha value is -1.41. The van der Waals surface area contributed by atoms with Crippen molar-refractivity contribution < 1.29 is 9.47 Å². The number of ether oxygens (including phenoxy) is 2. The van der Waals surface area contributed by atoms with E-state index in [0.717, 1.165) is 44.0 Å². The molecule has 4 fully saturated rings. The predicted octanol–water partition coefficient (Wildman–Crippen LogP) is 3.38.